The molecule has 1 aliphatic rings. The predicted octanol–water partition coefficient (Wildman–Crippen LogP) is 4.33. The van der Waals surface area contributed by atoms with Crippen molar-refractivity contribution in [3.8, 4) is 5.69 Å². The lowest BCUT2D eigenvalue weighted by Crippen LogP contribution is -2.30. The molecule has 6 heteroatoms. The maximum atomic E-state index is 13.1. The highest BCUT2D eigenvalue weighted by Crippen LogP contribution is 2.23. The fourth-order valence-electron chi connectivity index (χ4n) is 3.36. The first-order valence-corrected chi connectivity index (χ1v) is 9.27. The summed E-state index contributed by atoms with van der Waals surface area (Å²) in [7, 11) is 0. The quantitative estimate of drug-likeness (QED) is 0.534. The molecule has 1 saturated heterocycles. The fourth-order valence-corrected chi connectivity index (χ4v) is 3.36. The largest absolute Gasteiger partial charge is 0.329 e. The van der Waals surface area contributed by atoms with Crippen molar-refractivity contribution in [2.75, 3.05) is 0 Å². The molecule has 0 saturated carbocycles. The van der Waals surface area contributed by atoms with Crippen molar-refractivity contribution in [2.45, 2.75) is 20.4 Å². The molecule has 0 atom stereocenters. The number of hydrogen-bond donors (Lipinski definition) is 1. The molecule has 2 heterocycles. The predicted molar refractivity (Wildman–Crippen MR) is 109 cm³/mol. The number of aryl methyl sites for hydroxylation is 1. The number of aromatic nitrogens is 1. The molecule has 0 aliphatic carbocycles. The summed E-state index contributed by atoms with van der Waals surface area (Å²) in [6, 6.07) is 15.1. The fraction of sp³-hybridized carbons (Fsp3) is 0.130. The van der Waals surface area contributed by atoms with Crippen LogP contribution in [0.15, 0.2) is 66.5 Å². The summed E-state index contributed by atoms with van der Waals surface area (Å²) in [5.74, 6) is -0.772. The number of nitrogens with one attached hydrogen (secondary N) is 1. The lowest BCUT2D eigenvalue weighted by Gasteiger charge is -2.12. The van der Waals surface area contributed by atoms with Crippen LogP contribution < -0.4 is 5.32 Å². The van der Waals surface area contributed by atoms with Crippen molar-refractivity contribution < 1.29 is 14.0 Å². The Labute approximate surface area is 168 Å². The van der Waals surface area contributed by atoms with Crippen molar-refractivity contribution in [3.63, 3.8) is 0 Å². The second-order valence-electron chi connectivity index (χ2n) is 7.03. The Morgan fingerprint density at radius 2 is 1.76 bits per heavy atom. The van der Waals surface area contributed by atoms with E-state index in [2.05, 4.69) is 25.2 Å². The molecule has 0 spiro atoms. The molecule has 1 aliphatic heterocycles. The first-order chi connectivity index (χ1) is 13.9. The maximum Gasteiger partial charge on any atom is 0.329 e. The summed E-state index contributed by atoms with van der Waals surface area (Å²) >= 11 is 0. The Kier molecular flexibility index (Phi) is 4.76. The number of halogens is 1. The van der Waals surface area contributed by atoms with E-state index in [-0.39, 0.29) is 18.1 Å². The van der Waals surface area contributed by atoms with Crippen LogP contribution in [0.3, 0.4) is 0 Å². The molecule has 0 radical (unpaired) electrons. The summed E-state index contributed by atoms with van der Waals surface area (Å²) in [4.78, 5) is 26.2. The number of carbonyl (C=O) groups excluding carboxylic acids is 2. The van der Waals surface area contributed by atoms with Gasteiger partial charge in [0.25, 0.3) is 5.91 Å². The Morgan fingerprint density at radius 1 is 1.00 bits per heavy atom. The highest BCUT2D eigenvalue weighted by Gasteiger charge is 2.33. The average molecular weight is 389 g/mol. The van der Waals surface area contributed by atoms with Crippen LogP contribution in [0.1, 0.15) is 22.4 Å². The van der Waals surface area contributed by atoms with Crippen LogP contribution >= 0.6 is 0 Å². The van der Waals surface area contributed by atoms with Crippen LogP contribution in [0, 0.1) is 19.7 Å². The van der Waals surface area contributed by atoms with Crippen LogP contribution in [0.2, 0.25) is 0 Å². The SMILES string of the molecule is Cc1cccc(-n2cccc2/C=C2/NC(=O)N(Cc3ccc(F)cc3)C2=O)c1C. The molecule has 5 nitrogen and oxygen atoms in total. The van der Waals surface area contributed by atoms with Crippen LogP contribution in [0.5, 0.6) is 0 Å². The molecule has 146 valence electrons. The van der Waals surface area contributed by atoms with E-state index in [1.807, 2.05) is 35.0 Å². The minimum absolute atomic E-state index is 0.0836. The monoisotopic (exact) mass is 389 g/mol. The van der Waals surface area contributed by atoms with Gasteiger partial charge in [-0.25, -0.2) is 9.18 Å². The van der Waals surface area contributed by atoms with Gasteiger partial charge >= 0.3 is 6.03 Å². The standard InChI is InChI=1S/C23H20FN3O2/c1-15-5-3-7-21(16(15)2)26-12-4-6-19(26)13-20-22(28)27(23(29)25-20)14-17-8-10-18(24)11-9-17/h3-13H,14H2,1-2H3,(H,25,29)/b20-13+. The minimum Gasteiger partial charge on any atom is -0.317 e. The van der Waals surface area contributed by atoms with Gasteiger partial charge in [-0.1, -0.05) is 24.3 Å². The molecule has 4 rings (SSSR count). The summed E-state index contributed by atoms with van der Waals surface area (Å²) in [6.45, 7) is 4.18. The molecule has 3 aromatic rings. The van der Waals surface area contributed by atoms with E-state index < -0.39 is 11.9 Å². The molecule has 0 bridgehead atoms. The molecule has 3 amide bonds. The Hall–Kier alpha value is -3.67. The molecule has 0 unspecified atom stereocenters. The number of carbonyl (C=O) groups is 2. The molecular formula is C23H20FN3O2. The molecular weight excluding hydrogens is 369 g/mol. The van der Waals surface area contributed by atoms with E-state index in [1.54, 1.807) is 18.2 Å². The lowest BCUT2D eigenvalue weighted by atomic mass is 10.1. The molecule has 2 aromatic carbocycles. The number of urea groups is 1. The molecule has 1 N–H and O–H groups in total. The van der Waals surface area contributed by atoms with Crippen molar-refractivity contribution in [2.24, 2.45) is 0 Å². The number of hydrogen-bond acceptors (Lipinski definition) is 2. The Morgan fingerprint density at radius 3 is 2.52 bits per heavy atom. The van der Waals surface area contributed by atoms with Crippen molar-refractivity contribution in [3.05, 3.63) is 94.7 Å². The van der Waals surface area contributed by atoms with E-state index in [9.17, 15) is 14.0 Å². The third kappa shape index (κ3) is 3.57. The minimum atomic E-state index is -0.490. The van der Waals surface area contributed by atoms with Crippen molar-refractivity contribution >= 4 is 18.0 Å². The van der Waals surface area contributed by atoms with Crippen molar-refractivity contribution in [1.29, 1.82) is 0 Å². The topological polar surface area (TPSA) is 54.3 Å². The molecule has 29 heavy (non-hydrogen) atoms. The Balaban J connectivity index is 1.62. The van der Waals surface area contributed by atoms with Gasteiger partial charge < -0.3 is 9.88 Å². The van der Waals surface area contributed by atoms with Gasteiger partial charge in [0.2, 0.25) is 0 Å². The number of rotatable bonds is 4. The average Bonchev–Trinajstić information content (AvgIpc) is 3.26. The zero-order valence-electron chi connectivity index (χ0n) is 16.1. The second kappa shape index (κ2) is 7.39. The van der Waals surface area contributed by atoms with Gasteiger partial charge in [-0.3, -0.25) is 9.69 Å². The summed E-state index contributed by atoms with van der Waals surface area (Å²) in [6.07, 6.45) is 3.60. The van der Waals surface area contributed by atoms with Crippen LogP contribution in [0.4, 0.5) is 9.18 Å². The normalized spacial score (nSPS) is 15.3. The Bertz CT molecular complexity index is 1130. The second-order valence-corrected chi connectivity index (χ2v) is 7.03. The van der Waals surface area contributed by atoms with Gasteiger partial charge in [0.05, 0.1) is 6.54 Å². The summed E-state index contributed by atoms with van der Waals surface area (Å²) < 4.78 is 15.1. The third-order valence-corrected chi connectivity index (χ3v) is 5.12. The molecule has 1 aromatic heterocycles. The van der Waals surface area contributed by atoms with E-state index in [4.69, 9.17) is 0 Å². The van der Waals surface area contributed by atoms with Gasteiger partial charge in [-0.05, 0) is 66.9 Å². The van der Waals surface area contributed by atoms with Gasteiger partial charge in [0.1, 0.15) is 11.5 Å². The van der Waals surface area contributed by atoms with E-state index in [0.29, 0.717) is 5.56 Å². The smallest absolute Gasteiger partial charge is 0.317 e. The first-order valence-electron chi connectivity index (χ1n) is 9.27. The maximum absolute atomic E-state index is 13.1. The first kappa shape index (κ1) is 18.7. The number of amides is 3. The van der Waals surface area contributed by atoms with Crippen LogP contribution in [-0.4, -0.2) is 21.4 Å². The van der Waals surface area contributed by atoms with Gasteiger partial charge in [-0.15, -0.1) is 0 Å². The van der Waals surface area contributed by atoms with Gasteiger partial charge in [0, 0.05) is 17.6 Å². The third-order valence-electron chi connectivity index (χ3n) is 5.12. The number of imide groups is 1. The van der Waals surface area contributed by atoms with E-state index >= 15 is 0 Å². The van der Waals surface area contributed by atoms with Gasteiger partial charge in [-0.2, -0.15) is 0 Å². The lowest BCUT2D eigenvalue weighted by molar-refractivity contribution is -0.123. The highest BCUT2D eigenvalue weighted by atomic mass is 19.1. The summed E-state index contributed by atoms with van der Waals surface area (Å²) in [5.41, 5.74) is 5.00. The van der Waals surface area contributed by atoms with Crippen LogP contribution in [0.25, 0.3) is 11.8 Å². The highest BCUT2D eigenvalue weighted by molar-refractivity contribution is 6.13. The number of nitrogens with zero attached hydrogens (tertiary/aromatic N) is 2. The number of benzene rings is 2. The zero-order valence-corrected chi connectivity index (χ0v) is 16.1. The van der Waals surface area contributed by atoms with E-state index in [1.165, 1.54) is 17.7 Å². The van der Waals surface area contributed by atoms with E-state index in [0.717, 1.165) is 21.8 Å². The zero-order chi connectivity index (χ0) is 20.5. The van der Waals surface area contributed by atoms with Crippen molar-refractivity contribution in [1.82, 2.24) is 14.8 Å². The molecule has 1 fully saturated rings. The summed E-state index contributed by atoms with van der Waals surface area (Å²) in [5, 5.41) is 2.64. The van der Waals surface area contributed by atoms with Gasteiger partial charge in [0.15, 0.2) is 0 Å². The van der Waals surface area contributed by atoms with Crippen LogP contribution in [-0.2, 0) is 11.3 Å².